The van der Waals surface area contributed by atoms with Crippen LogP contribution >= 0.6 is 0 Å². The molecule has 0 nitrogen and oxygen atoms in total. The van der Waals surface area contributed by atoms with Gasteiger partial charge in [-0.2, -0.15) is 0 Å². The summed E-state index contributed by atoms with van der Waals surface area (Å²) < 4.78 is 0. The van der Waals surface area contributed by atoms with Crippen LogP contribution in [0.2, 0.25) is 0 Å². The van der Waals surface area contributed by atoms with Gasteiger partial charge < -0.3 is 0 Å². The van der Waals surface area contributed by atoms with Gasteiger partial charge in [0.2, 0.25) is 0 Å². The molecule has 0 saturated carbocycles. The molecular weight excluding hydrogens is 192 g/mol. The van der Waals surface area contributed by atoms with Gasteiger partial charge in [0.1, 0.15) is 0 Å². The third kappa shape index (κ3) is 4.00. The first-order valence-corrected chi connectivity index (χ1v) is 6.50. The van der Waals surface area contributed by atoms with Crippen molar-refractivity contribution in [1.82, 2.24) is 0 Å². The second-order valence-electron chi connectivity index (χ2n) is 5.57. The van der Waals surface area contributed by atoms with Crippen LogP contribution in [0.15, 0.2) is 36.0 Å². The molecule has 3 atom stereocenters. The third-order valence-electron chi connectivity index (χ3n) is 3.85. The van der Waals surface area contributed by atoms with E-state index in [-0.39, 0.29) is 0 Å². The van der Waals surface area contributed by atoms with Crippen molar-refractivity contribution in [3.8, 4) is 0 Å². The molecule has 0 saturated heterocycles. The van der Waals surface area contributed by atoms with Crippen LogP contribution in [-0.2, 0) is 0 Å². The Kier molecular flexibility index (Phi) is 5.05. The lowest BCUT2D eigenvalue weighted by molar-refractivity contribution is 0.290. The molecule has 0 unspecified atom stereocenters. The number of allylic oxidation sites excluding steroid dienone is 5. The van der Waals surface area contributed by atoms with Crippen molar-refractivity contribution in [3.05, 3.63) is 36.0 Å². The van der Waals surface area contributed by atoms with Crippen LogP contribution in [0.5, 0.6) is 0 Å². The van der Waals surface area contributed by atoms with E-state index in [0.29, 0.717) is 0 Å². The summed E-state index contributed by atoms with van der Waals surface area (Å²) in [5.74, 6) is 2.31. The van der Waals surface area contributed by atoms with Gasteiger partial charge in [0.25, 0.3) is 0 Å². The molecule has 1 aliphatic carbocycles. The second-order valence-corrected chi connectivity index (χ2v) is 5.57. The van der Waals surface area contributed by atoms with E-state index < -0.39 is 0 Å². The highest BCUT2D eigenvalue weighted by Gasteiger charge is 2.21. The number of rotatable bonds is 4. The standard InChI is InChI=1S/C16H26/c1-12(2)6-9-14(4)15(5)16-10-7-13(3)8-11-16/h6-7,10,14-16H,3,8-9,11H2,1-2,4-5H3/t14-,15-,16+/m0/s1. The maximum atomic E-state index is 4.02. The highest BCUT2D eigenvalue weighted by molar-refractivity contribution is 5.19. The minimum Gasteiger partial charge on any atom is -0.0958 e. The molecule has 1 rings (SSSR count). The summed E-state index contributed by atoms with van der Waals surface area (Å²) in [4.78, 5) is 0. The molecule has 90 valence electrons. The van der Waals surface area contributed by atoms with Crippen LogP contribution in [0.4, 0.5) is 0 Å². The normalized spacial score (nSPS) is 24.0. The van der Waals surface area contributed by atoms with E-state index >= 15 is 0 Å². The van der Waals surface area contributed by atoms with E-state index in [4.69, 9.17) is 0 Å². The summed E-state index contributed by atoms with van der Waals surface area (Å²) in [6.45, 7) is 13.2. The highest BCUT2D eigenvalue weighted by atomic mass is 14.3. The van der Waals surface area contributed by atoms with Crippen LogP contribution in [0.25, 0.3) is 0 Å². The molecule has 0 aromatic heterocycles. The predicted molar refractivity (Wildman–Crippen MR) is 73.4 cm³/mol. The topological polar surface area (TPSA) is 0 Å². The average molecular weight is 218 g/mol. The molecule has 0 spiro atoms. The van der Waals surface area contributed by atoms with Crippen LogP contribution in [0.1, 0.15) is 47.0 Å². The second kappa shape index (κ2) is 6.08. The Morgan fingerprint density at radius 3 is 2.69 bits per heavy atom. The molecular formula is C16H26. The van der Waals surface area contributed by atoms with Crippen LogP contribution < -0.4 is 0 Å². The molecule has 1 aliphatic rings. The minimum absolute atomic E-state index is 0.756. The van der Waals surface area contributed by atoms with Crippen molar-refractivity contribution < 1.29 is 0 Å². The molecule has 0 bridgehead atoms. The largest absolute Gasteiger partial charge is 0.0958 e. The van der Waals surface area contributed by atoms with Crippen molar-refractivity contribution in [1.29, 1.82) is 0 Å². The van der Waals surface area contributed by atoms with E-state index in [1.165, 1.54) is 30.4 Å². The molecule has 0 aromatic rings. The van der Waals surface area contributed by atoms with E-state index in [0.717, 1.165) is 17.8 Å². The first-order chi connectivity index (χ1) is 7.50. The Balaban J connectivity index is 2.50. The van der Waals surface area contributed by atoms with Gasteiger partial charge in [-0.3, -0.25) is 0 Å². The average Bonchev–Trinajstić information content (AvgIpc) is 2.26. The molecule has 0 N–H and O–H groups in total. The van der Waals surface area contributed by atoms with Gasteiger partial charge in [0.05, 0.1) is 0 Å². The maximum absolute atomic E-state index is 4.02. The van der Waals surface area contributed by atoms with Gasteiger partial charge in [-0.15, -0.1) is 0 Å². The zero-order valence-electron chi connectivity index (χ0n) is 11.3. The molecule has 0 heteroatoms. The van der Waals surface area contributed by atoms with Crippen LogP contribution in [0.3, 0.4) is 0 Å². The third-order valence-corrected chi connectivity index (χ3v) is 3.85. The fourth-order valence-corrected chi connectivity index (χ4v) is 2.29. The van der Waals surface area contributed by atoms with Gasteiger partial charge in [0, 0.05) is 0 Å². The van der Waals surface area contributed by atoms with Gasteiger partial charge in [-0.05, 0) is 50.9 Å². The molecule has 16 heavy (non-hydrogen) atoms. The van der Waals surface area contributed by atoms with E-state index in [2.05, 4.69) is 52.5 Å². The Bertz CT molecular complexity index is 289. The smallest absolute Gasteiger partial charge is 0.0199 e. The summed E-state index contributed by atoms with van der Waals surface area (Å²) in [7, 11) is 0. The summed E-state index contributed by atoms with van der Waals surface area (Å²) in [5.41, 5.74) is 2.73. The molecule has 0 amide bonds. The van der Waals surface area contributed by atoms with Crippen molar-refractivity contribution in [3.63, 3.8) is 0 Å². The van der Waals surface area contributed by atoms with Crippen LogP contribution in [-0.4, -0.2) is 0 Å². The highest BCUT2D eigenvalue weighted by Crippen LogP contribution is 2.32. The summed E-state index contributed by atoms with van der Waals surface area (Å²) in [6, 6.07) is 0. The first-order valence-electron chi connectivity index (χ1n) is 6.50. The molecule has 0 fully saturated rings. The minimum atomic E-state index is 0.756. The number of hydrogen-bond acceptors (Lipinski definition) is 0. The van der Waals surface area contributed by atoms with Gasteiger partial charge >= 0.3 is 0 Å². The predicted octanol–water partition coefficient (Wildman–Crippen LogP) is 5.14. The van der Waals surface area contributed by atoms with E-state index in [1.54, 1.807) is 0 Å². The molecule has 0 aromatic carbocycles. The van der Waals surface area contributed by atoms with Crippen LogP contribution in [0, 0.1) is 17.8 Å². The lowest BCUT2D eigenvalue weighted by atomic mass is 9.77. The van der Waals surface area contributed by atoms with Gasteiger partial charge in [0.15, 0.2) is 0 Å². The SMILES string of the molecule is C=C1C=C[C@@H]([C@@H](C)[C@@H](C)CC=C(C)C)CC1. The van der Waals surface area contributed by atoms with E-state index in [1.807, 2.05) is 0 Å². The number of hydrogen-bond donors (Lipinski definition) is 0. The van der Waals surface area contributed by atoms with Crippen molar-refractivity contribution in [2.45, 2.75) is 47.0 Å². The Morgan fingerprint density at radius 2 is 2.19 bits per heavy atom. The summed E-state index contributed by atoms with van der Waals surface area (Å²) in [5, 5.41) is 0. The molecule has 0 radical (unpaired) electrons. The fraction of sp³-hybridized carbons (Fsp3) is 0.625. The Morgan fingerprint density at radius 1 is 1.50 bits per heavy atom. The Hall–Kier alpha value is -0.780. The quantitative estimate of drug-likeness (QED) is 0.573. The summed E-state index contributed by atoms with van der Waals surface area (Å²) in [6.07, 6.45) is 10.6. The van der Waals surface area contributed by atoms with Gasteiger partial charge in [-0.25, -0.2) is 0 Å². The zero-order valence-corrected chi connectivity index (χ0v) is 11.3. The van der Waals surface area contributed by atoms with Crippen molar-refractivity contribution in [2.75, 3.05) is 0 Å². The summed E-state index contributed by atoms with van der Waals surface area (Å²) >= 11 is 0. The van der Waals surface area contributed by atoms with E-state index in [9.17, 15) is 0 Å². The van der Waals surface area contributed by atoms with Crippen molar-refractivity contribution in [2.24, 2.45) is 17.8 Å². The van der Waals surface area contributed by atoms with Gasteiger partial charge in [-0.1, -0.05) is 49.8 Å². The Labute approximate surface area is 101 Å². The molecule has 0 aliphatic heterocycles. The first kappa shape index (κ1) is 13.3. The maximum Gasteiger partial charge on any atom is -0.0199 e. The lowest BCUT2D eigenvalue weighted by Crippen LogP contribution is -2.19. The zero-order chi connectivity index (χ0) is 12.1. The lowest BCUT2D eigenvalue weighted by Gasteiger charge is -2.28. The fourth-order valence-electron chi connectivity index (χ4n) is 2.29. The van der Waals surface area contributed by atoms with Crippen molar-refractivity contribution >= 4 is 0 Å². The monoisotopic (exact) mass is 218 g/mol. The molecule has 0 heterocycles.